The molecule has 266 valence electrons. The summed E-state index contributed by atoms with van der Waals surface area (Å²) in [4.78, 5) is 7.30. The number of hydrogen-bond donors (Lipinski definition) is 0. The SMILES string of the molecule is c1ccc(-c2nc3ccc4ccc5ccc6cc(N(c7ccc8c(c7)oc7ccccc78)c7ccc(-c8ccccc8)c8ccccc78)ccc6c5c4c3o2)cc1. The van der Waals surface area contributed by atoms with Crippen LogP contribution in [0.3, 0.4) is 0 Å². The molecule has 0 aliphatic heterocycles. The molecule has 0 saturated heterocycles. The number of benzene rings is 10. The lowest BCUT2D eigenvalue weighted by Gasteiger charge is -2.28. The van der Waals surface area contributed by atoms with Crippen molar-refractivity contribution >= 4 is 93.2 Å². The first kappa shape index (κ1) is 31.6. The molecule has 0 fully saturated rings. The van der Waals surface area contributed by atoms with E-state index in [1.165, 1.54) is 16.5 Å². The van der Waals surface area contributed by atoms with E-state index >= 15 is 0 Å². The molecule has 0 saturated carbocycles. The van der Waals surface area contributed by atoms with Gasteiger partial charge in [0.05, 0.1) is 5.69 Å². The zero-order chi connectivity index (χ0) is 37.5. The maximum absolute atomic E-state index is 6.61. The van der Waals surface area contributed by atoms with Gasteiger partial charge in [-0.05, 0) is 92.7 Å². The number of anilines is 3. The maximum Gasteiger partial charge on any atom is 0.227 e. The van der Waals surface area contributed by atoms with Crippen LogP contribution >= 0.6 is 0 Å². The third kappa shape index (κ3) is 4.98. The fraction of sp³-hybridized carbons (Fsp3) is 0. The predicted octanol–water partition coefficient (Wildman–Crippen LogP) is 15.1. The summed E-state index contributed by atoms with van der Waals surface area (Å²) in [7, 11) is 0. The van der Waals surface area contributed by atoms with Crippen LogP contribution in [0.25, 0.3) is 98.7 Å². The van der Waals surface area contributed by atoms with E-state index in [4.69, 9.17) is 13.8 Å². The number of nitrogens with zero attached hydrogens (tertiary/aromatic N) is 2. The van der Waals surface area contributed by atoms with Crippen LogP contribution in [0, 0.1) is 0 Å². The molecular weight excluding hydrogens is 697 g/mol. The minimum Gasteiger partial charge on any atom is -0.456 e. The molecule has 0 unspecified atom stereocenters. The Labute approximate surface area is 327 Å². The maximum atomic E-state index is 6.61. The number of aromatic nitrogens is 1. The molecule has 2 aromatic heterocycles. The van der Waals surface area contributed by atoms with Crippen molar-refractivity contribution in [1.82, 2.24) is 4.98 Å². The summed E-state index contributed by atoms with van der Waals surface area (Å²) in [6.45, 7) is 0. The van der Waals surface area contributed by atoms with Gasteiger partial charge in [0, 0.05) is 49.9 Å². The highest BCUT2D eigenvalue weighted by Crippen LogP contribution is 2.45. The second-order valence-electron chi connectivity index (χ2n) is 14.7. The first-order valence-electron chi connectivity index (χ1n) is 19.3. The van der Waals surface area contributed by atoms with Crippen LogP contribution in [0.2, 0.25) is 0 Å². The third-order valence-corrected chi connectivity index (χ3v) is 11.4. The number of para-hydroxylation sites is 1. The Hall–Kier alpha value is -7.69. The van der Waals surface area contributed by atoms with Gasteiger partial charge in [0.2, 0.25) is 5.89 Å². The van der Waals surface area contributed by atoms with E-state index < -0.39 is 0 Å². The predicted molar refractivity (Wildman–Crippen MR) is 237 cm³/mol. The Balaban J connectivity index is 1.10. The quantitative estimate of drug-likeness (QED) is 0.166. The molecule has 4 nitrogen and oxygen atoms in total. The van der Waals surface area contributed by atoms with Gasteiger partial charge in [-0.2, -0.15) is 0 Å². The van der Waals surface area contributed by atoms with Crippen molar-refractivity contribution in [1.29, 1.82) is 0 Å². The number of hydrogen-bond acceptors (Lipinski definition) is 4. The van der Waals surface area contributed by atoms with Gasteiger partial charge in [-0.1, -0.05) is 133 Å². The third-order valence-electron chi connectivity index (χ3n) is 11.4. The monoisotopic (exact) mass is 728 g/mol. The summed E-state index contributed by atoms with van der Waals surface area (Å²) in [6, 6.07) is 68.7. The number of furan rings is 1. The average molecular weight is 729 g/mol. The lowest BCUT2D eigenvalue weighted by atomic mass is 9.94. The molecule has 0 amide bonds. The highest BCUT2D eigenvalue weighted by atomic mass is 16.3. The van der Waals surface area contributed by atoms with Crippen LogP contribution < -0.4 is 4.90 Å². The highest BCUT2D eigenvalue weighted by Gasteiger charge is 2.21. The highest BCUT2D eigenvalue weighted by molar-refractivity contribution is 6.26. The fourth-order valence-corrected chi connectivity index (χ4v) is 8.81. The van der Waals surface area contributed by atoms with Gasteiger partial charge < -0.3 is 13.7 Å². The van der Waals surface area contributed by atoms with Crippen molar-refractivity contribution in [3.8, 4) is 22.6 Å². The molecule has 0 aliphatic carbocycles. The van der Waals surface area contributed by atoms with Gasteiger partial charge in [-0.3, -0.25) is 0 Å². The molecule has 10 aromatic carbocycles. The summed E-state index contributed by atoms with van der Waals surface area (Å²) in [6.07, 6.45) is 0. The Bertz CT molecular complexity index is 3530. The van der Waals surface area contributed by atoms with Crippen molar-refractivity contribution in [3.63, 3.8) is 0 Å². The lowest BCUT2D eigenvalue weighted by molar-refractivity contribution is 0.623. The summed E-state index contributed by atoms with van der Waals surface area (Å²) in [5.41, 5.74) is 9.90. The van der Waals surface area contributed by atoms with Gasteiger partial charge in [-0.15, -0.1) is 0 Å². The first-order valence-corrected chi connectivity index (χ1v) is 19.3. The smallest absolute Gasteiger partial charge is 0.227 e. The zero-order valence-electron chi connectivity index (χ0n) is 30.7. The normalized spacial score (nSPS) is 11.9. The topological polar surface area (TPSA) is 42.4 Å². The van der Waals surface area contributed by atoms with Gasteiger partial charge >= 0.3 is 0 Å². The van der Waals surface area contributed by atoms with E-state index in [1.54, 1.807) is 0 Å². The second kappa shape index (κ2) is 12.4. The lowest BCUT2D eigenvalue weighted by Crippen LogP contribution is -2.10. The number of fused-ring (bicyclic) bond motifs is 11. The molecule has 2 heterocycles. The van der Waals surface area contributed by atoms with Crippen LogP contribution in [0.15, 0.2) is 203 Å². The molecule has 0 N–H and O–H groups in total. The van der Waals surface area contributed by atoms with E-state index in [-0.39, 0.29) is 0 Å². The first-order chi connectivity index (χ1) is 28.2. The van der Waals surface area contributed by atoms with Crippen LogP contribution in [-0.4, -0.2) is 4.98 Å². The summed E-state index contributed by atoms with van der Waals surface area (Å²) in [5.74, 6) is 0.625. The Morgan fingerprint density at radius 2 is 1.00 bits per heavy atom. The fourth-order valence-electron chi connectivity index (χ4n) is 8.81. The van der Waals surface area contributed by atoms with Gasteiger partial charge in [0.1, 0.15) is 16.7 Å². The zero-order valence-corrected chi connectivity index (χ0v) is 30.7. The largest absolute Gasteiger partial charge is 0.456 e. The van der Waals surface area contributed by atoms with Crippen LogP contribution in [0.4, 0.5) is 17.1 Å². The second-order valence-corrected chi connectivity index (χ2v) is 14.7. The Morgan fingerprint density at radius 1 is 0.386 bits per heavy atom. The summed E-state index contributed by atoms with van der Waals surface area (Å²) in [5, 5.41) is 11.4. The van der Waals surface area contributed by atoms with Crippen molar-refractivity contribution in [2.45, 2.75) is 0 Å². The standard InChI is InChI=1S/C53H32N2O2/c1-3-11-33(12-4-1)40-28-30-47(43-16-8-7-15-42(40)43)55(39-25-27-45-44-17-9-10-18-48(44)56-49(45)32-39)38-24-26-41-37(31-38)22-21-34-19-20-35-23-29-46-52(51(35)50(34)41)57-53(54-46)36-13-5-2-6-14-36/h1-32H. The molecule has 12 aromatic rings. The molecule has 0 aliphatic rings. The van der Waals surface area contributed by atoms with Crippen LogP contribution in [0.1, 0.15) is 0 Å². The van der Waals surface area contributed by atoms with Crippen molar-refractivity contribution in [3.05, 3.63) is 194 Å². The molecule has 0 atom stereocenters. The average Bonchev–Trinajstić information content (AvgIpc) is 3.89. The van der Waals surface area contributed by atoms with E-state index in [2.05, 4.69) is 157 Å². The van der Waals surface area contributed by atoms with E-state index in [1.807, 2.05) is 42.5 Å². The van der Waals surface area contributed by atoms with Crippen LogP contribution in [-0.2, 0) is 0 Å². The summed E-state index contributed by atoms with van der Waals surface area (Å²) >= 11 is 0. The Kier molecular flexibility index (Phi) is 6.89. The minimum atomic E-state index is 0.625. The van der Waals surface area contributed by atoms with Gasteiger partial charge in [0.25, 0.3) is 0 Å². The molecule has 4 heteroatoms. The molecule has 12 rings (SSSR count). The van der Waals surface area contributed by atoms with Crippen LogP contribution in [0.5, 0.6) is 0 Å². The van der Waals surface area contributed by atoms with Crippen molar-refractivity contribution in [2.24, 2.45) is 0 Å². The van der Waals surface area contributed by atoms with E-state index in [0.29, 0.717) is 5.89 Å². The number of oxazole rings is 1. The molecular formula is C53H32N2O2. The van der Waals surface area contributed by atoms with Gasteiger partial charge in [-0.25, -0.2) is 4.98 Å². The molecule has 0 spiro atoms. The molecule has 0 bridgehead atoms. The number of rotatable bonds is 5. The molecule has 0 radical (unpaired) electrons. The molecule has 57 heavy (non-hydrogen) atoms. The summed E-state index contributed by atoms with van der Waals surface area (Å²) < 4.78 is 13.1. The minimum absolute atomic E-state index is 0.625. The van der Waals surface area contributed by atoms with E-state index in [9.17, 15) is 0 Å². The van der Waals surface area contributed by atoms with Gasteiger partial charge in [0.15, 0.2) is 5.58 Å². The van der Waals surface area contributed by atoms with Crippen molar-refractivity contribution in [2.75, 3.05) is 4.90 Å². The van der Waals surface area contributed by atoms with Crippen molar-refractivity contribution < 1.29 is 8.83 Å². The van der Waals surface area contributed by atoms with E-state index in [0.717, 1.165) is 93.4 Å². The Morgan fingerprint density at radius 3 is 1.81 bits per heavy atom.